The van der Waals surface area contributed by atoms with Crippen molar-refractivity contribution in [3.63, 3.8) is 0 Å². The van der Waals surface area contributed by atoms with E-state index < -0.39 is 30.0 Å². The Labute approximate surface area is 137 Å². The summed E-state index contributed by atoms with van der Waals surface area (Å²) < 4.78 is 40.4. The number of aliphatic carboxylic acids is 1. The summed E-state index contributed by atoms with van der Waals surface area (Å²) in [6.45, 7) is 0.393. The van der Waals surface area contributed by atoms with Crippen molar-refractivity contribution in [2.24, 2.45) is 5.92 Å². The number of carbonyl (C=O) groups is 2. The van der Waals surface area contributed by atoms with Crippen LogP contribution in [0.1, 0.15) is 6.42 Å². The van der Waals surface area contributed by atoms with Gasteiger partial charge < -0.3 is 20.1 Å². The summed E-state index contributed by atoms with van der Waals surface area (Å²) in [4.78, 5) is 24.2. The molecular formula is C13H12BrF3N2O4. The highest BCUT2D eigenvalue weighted by Crippen LogP contribution is 2.31. The van der Waals surface area contributed by atoms with Crippen LogP contribution in [0.4, 0.5) is 23.7 Å². The van der Waals surface area contributed by atoms with Crippen LogP contribution in [0, 0.1) is 5.92 Å². The van der Waals surface area contributed by atoms with Crippen LogP contribution in [0.25, 0.3) is 0 Å². The molecule has 1 atom stereocenters. The standard InChI is InChI=1S/C13H12BrF3N2O4/c14-9-5-8(23-13(15,16)17)1-2-10(9)18-12(22)19-4-3-7(6-19)11(20)21/h1-2,5,7H,3-4,6H2,(H,18,22)(H,20,21). The summed E-state index contributed by atoms with van der Waals surface area (Å²) >= 11 is 3.05. The van der Waals surface area contributed by atoms with Crippen LogP contribution in [-0.4, -0.2) is 41.5 Å². The largest absolute Gasteiger partial charge is 0.573 e. The number of hydrogen-bond donors (Lipinski definition) is 2. The van der Waals surface area contributed by atoms with Crippen LogP contribution in [0.2, 0.25) is 0 Å². The lowest BCUT2D eigenvalue weighted by atomic mass is 10.1. The van der Waals surface area contributed by atoms with Crippen LogP contribution in [0.5, 0.6) is 5.75 Å². The predicted molar refractivity (Wildman–Crippen MR) is 77.2 cm³/mol. The maximum Gasteiger partial charge on any atom is 0.573 e. The van der Waals surface area contributed by atoms with E-state index in [-0.39, 0.29) is 16.7 Å². The van der Waals surface area contributed by atoms with Gasteiger partial charge in [0.2, 0.25) is 0 Å². The van der Waals surface area contributed by atoms with Gasteiger partial charge in [0, 0.05) is 17.6 Å². The molecule has 6 nitrogen and oxygen atoms in total. The van der Waals surface area contributed by atoms with Gasteiger partial charge in [-0.05, 0) is 40.5 Å². The van der Waals surface area contributed by atoms with Crippen LogP contribution >= 0.6 is 15.9 Å². The minimum atomic E-state index is -4.80. The maximum absolute atomic E-state index is 12.1. The first-order chi connectivity index (χ1) is 10.7. The summed E-state index contributed by atoms with van der Waals surface area (Å²) in [6, 6.07) is 2.89. The van der Waals surface area contributed by atoms with Gasteiger partial charge in [-0.15, -0.1) is 13.2 Å². The van der Waals surface area contributed by atoms with Gasteiger partial charge in [-0.2, -0.15) is 0 Å². The number of alkyl halides is 3. The fraction of sp³-hybridized carbons (Fsp3) is 0.385. The SMILES string of the molecule is O=C(O)C1CCN(C(=O)Nc2ccc(OC(F)(F)F)cc2Br)C1. The minimum Gasteiger partial charge on any atom is -0.481 e. The van der Waals surface area contributed by atoms with Crippen molar-refractivity contribution in [3.8, 4) is 5.75 Å². The number of carboxylic acids is 1. The number of hydrogen-bond acceptors (Lipinski definition) is 3. The van der Waals surface area contributed by atoms with Gasteiger partial charge in [0.1, 0.15) is 5.75 Å². The van der Waals surface area contributed by atoms with E-state index in [4.69, 9.17) is 5.11 Å². The molecular weight excluding hydrogens is 385 g/mol. The van der Waals surface area contributed by atoms with Crippen molar-refractivity contribution in [1.82, 2.24) is 4.90 Å². The van der Waals surface area contributed by atoms with Crippen LogP contribution in [0.15, 0.2) is 22.7 Å². The molecule has 1 aromatic rings. The number of anilines is 1. The summed E-state index contributed by atoms with van der Waals surface area (Å²) in [5.41, 5.74) is 0.253. The van der Waals surface area contributed by atoms with Crippen LogP contribution in [-0.2, 0) is 4.79 Å². The van der Waals surface area contributed by atoms with Crippen molar-refractivity contribution in [2.75, 3.05) is 18.4 Å². The second-order valence-electron chi connectivity index (χ2n) is 4.89. The van der Waals surface area contributed by atoms with Gasteiger partial charge in [-0.1, -0.05) is 0 Å². The Kier molecular flexibility index (Phi) is 5.03. The number of carboxylic acid groups (broad SMARTS) is 1. The molecule has 10 heteroatoms. The number of likely N-dealkylation sites (tertiary alicyclic amines) is 1. The summed E-state index contributed by atoms with van der Waals surface area (Å²) in [5, 5.41) is 11.4. The second-order valence-corrected chi connectivity index (χ2v) is 5.74. The fourth-order valence-electron chi connectivity index (χ4n) is 2.13. The molecule has 1 saturated heterocycles. The molecule has 1 aliphatic rings. The monoisotopic (exact) mass is 396 g/mol. The van der Waals surface area contributed by atoms with E-state index in [1.54, 1.807) is 0 Å². The topological polar surface area (TPSA) is 78.9 Å². The molecule has 0 aliphatic carbocycles. The number of urea groups is 1. The highest BCUT2D eigenvalue weighted by Gasteiger charge is 2.32. The third-order valence-corrected chi connectivity index (χ3v) is 3.90. The van der Waals surface area contributed by atoms with E-state index in [1.165, 1.54) is 11.0 Å². The molecule has 0 bridgehead atoms. The molecule has 1 unspecified atom stereocenters. The molecule has 2 rings (SSSR count). The summed E-state index contributed by atoms with van der Waals surface area (Å²) in [6.07, 6.45) is -4.44. The number of carbonyl (C=O) groups excluding carboxylic acids is 1. The van der Waals surface area contributed by atoms with Gasteiger partial charge in [0.05, 0.1) is 11.6 Å². The second kappa shape index (κ2) is 6.65. The predicted octanol–water partition coefficient (Wildman–Crippen LogP) is 3.29. The molecule has 1 aliphatic heterocycles. The Morgan fingerprint density at radius 2 is 2.09 bits per heavy atom. The molecule has 23 heavy (non-hydrogen) atoms. The van der Waals surface area contributed by atoms with E-state index in [1.807, 2.05) is 0 Å². The molecule has 1 aromatic carbocycles. The summed E-state index contributed by atoms with van der Waals surface area (Å²) in [5.74, 6) is -1.99. The first-order valence-electron chi connectivity index (χ1n) is 6.50. The van der Waals surface area contributed by atoms with E-state index in [2.05, 4.69) is 26.0 Å². The maximum atomic E-state index is 12.1. The average Bonchev–Trinajstić information content (AvgIpc) is 2.90. The molecule has 0 aromatic heterocycles. The molecule has 2 N–H and O–H groups in total. The highest BCUT2D eigenvalue weighted by atomic mass is 79.9. The van der Waals surface area contributed by atoms with E-state index in [0.29, 0.717) is 13.0 Å². The van der Waals surface area contributed by atoms with Gasteiger partial charge >= 0.3 is 18.4 Å². The fourth-order valence-corrected chi connectivity index (χ4v) is 2.59. The first kappa shape index (κ1) is 17.4. The van der Waals surface area contributed by atoms with E-state index >= 15 is 0 Å². The number of nitrogens with zero attached hydrogens (tertiary/aromatic N) is 1. The molecule has 0 spiro atoms. The Morgan fingerprint density at radius 1 is 1.39 bits per heavy atom. The number of benzene rings is 1. The normalized spacial score (nSPS) is 17.9. The van der Waals surface area contributed by atoms with Gasteiger partial charge in [-0.3, -0.25) is 4.79 Å². The minimum absolute atomic E-state index is 0.0913. The Hall–Kier alpha value is -1.97. The molecule has 1 fully saturated rings. The molecule has 126 valence electrons. The molecule has 0 saturated carbocycles. The lowest BCUT2D eigenvalue weighted by Crippen LogP contribution is -2.33. The highest BCUT2D eigenvalue weighted by molar-refractivity contribution is 9.10. The zero-order valence-corrected chi connectivity index (χ0v) is 13.1. The van der Waals surface area contributed by atoms with Crippen LogP contribution in [0.3, 0.4) is 0 Å². The number of nitrogens with one attached hydrogen (secondary N) is 1. The van der Waals surface area contributed by atoms with Gasteiger partial charge in [0.25, 0.3) is 0 Å². The van der Waals surface area contributed by atoms with Gasteiger partial charge in [0.15, 0.2) is 0 Å². The zero-order chi connectivity index (χ0) is 17.2. The average molecular weight is 397 g/mol. The lowest BCUT2D eigenvalue weighted by Gasteiger charge is -2.18. The van der Waals surface area contributed by atoms with Crippen molar-refractivity contribution < 1.29 is 32.6 Å². The van der Waals surface area contributed by atoms with Crippen molar-refractivity contribution >= 4 is 33.6 Å². The van der Waals surface area contributed by atoms with Crippen molar-refractivity contribution in [2.45, 2.75) is 12.8 Å². The van der Waals surface area contributed by atoms with Gasteiger partial charge in [-0.25, -0.2) is 4.79 Å². The number of amides is 2. The third-order valence-electron chi connectivity index (χ3n) is 3.24. The Bertz CT molecular complexity index is 624. The van der Waals surface area contributed by atoms with Crippen LogP contribution < -0.4 is 10.1 Å². The third kappa shape index (κ3) is 4.75. The number of rotatable bonds is 3. The summed E-state index contributed by atoms with van der Waals surface area (Å²) in [7, 11) is 0. The van der Waals surface area contributed by atoms with Crippen molar-refractivity contribution in [1.29, 1.82) is 0 Å². The Balaban J connectivity index is 2.00. The number of ether oxygens (including phenoxy) is 1. The lowest BCUT2D eigenvalue weighted by molar-refractivity contribution is -0.274. The zero-order valence-electron chi connectivity index (χ0n) is 11.6. The van der Waals surface area contributed by atoms with Crippen molar-refractivity contribution in [3.05, 3.63) is 22.7 Å². The quantitative estimate of drug-likeness (QED) is 0.821. The molecule has 2 amide bonds. The molecule has 0 radical (unpaired) electrons. The van der Waals surface area contributed by atoms with E-state index in [0.717, 1.165) is 12.1 Å². The first-order valence-corrected chi connectivity index (χ1v) is 7.29. The Morgan fingerprint density at radius 3 is 2.61 bits per heavy atom. The van der Waals surface area contributed by atoms with E-state index in [9.17, 15) is 22.8 Å². The number of halogens is 4. The molecule has 1 heterocycles. The smallest absolute Gasteiger partial charge is 0.481 e.